The fraction of sp³-hybridized carbons (Fsp3) is 0.509. The van der Waals surface area contributed by atoms with E-state index >= 15 is 0 Å². The Kier molecular flexibility index (Phi) is 17.1. The first-order valence-electron chi connectivity index (χ1n) is 24.4. The van der Waals surface area contributed by atoms with E-state index in [0.29, 0.717) is 49.9 Å². The molecule has 6 N–H and O–H groups in total. The van der Waals surface area contributed by atoms with Crippen LogP contribution in [0.1, 0.15) is 124 Å². The maximum absolute atomic E-state index is 14.4. The van der Waals surface area contributed by atoms with Crippen molar-refractivity contribution in [1.82, 2.24) is 41.7 Å². The van der Waals surface area contributed by atoms with Gasteiger partial charge >= 0.3 is 0 Å². The molecular formula is C53H68N8O7. The van der Waals surface area contributed by atoms with Gasteiger partial charge in [-0.15, -0.1) is 0 Å². The minimum atomic E-state index is -1.08. The molecule has 0 saturated carbocycles. The average Bonchev–Trinajstić information content (AvgIpc) is 4.07. The van der Waals surface area contributed by atoms with Gasteiger partial charge < -0.3 is 46.4 Å². The molecule has 362 valence electrons. The molecule has 2 saturated heterocycles. The van der Waals surface area contributed by atoms with Crippen molar-refractivity contribution in [2.75, 3.05) is 33.8 Å². The summed E-state index contributed by atoms with van der Waals surface area (Å²) in [6.45, 7) is 5.81. The maximum Gasteiger partial charge on any atom is 0.250 e. The van der Waals surface area contributed by atoms with Crippen LogP contribution in [0.2, 0.25) is 0 Å². The Hall–Kier alpha value is -6.08. The van der Waals surface area contributed by atoms with Crippen molar-refractivity contribution >= 4 is 35.4 Å². The smallest absolute Gasteiger partial charge is 0.250 e. The van der Waals surface area contributed by atoms with E-state index in [1.165, 1.54) is 11.1 Å². The Morgan fingerprint density at radius 2 is 1.13 bits per heavy atom. The largest absolute Gasteiger partial charge is 0.363 e. The number of benzene rings is 3. The first kappa shape index (κ1) is 49.8. The van der Waals surface area contributed by atoms with Crippen molar-refractivity contribution in [2.24, 2.45) is 0 Å². The standard InChI is InChI=1S/C53H68N8O7/c1-33(54-4)48(62)58-46(52(66)60-30-12-24-44(60)50(64)56-42-22-10-18-37-16-6-8-20-40(37)42)35(3)68-32-14-15-36-26-28-39(29-27-36)47(59-49(63)34(2)55-5)53(67)61-31-13-25-45(61)51(65)57-43-23-11-19-38-17-7-9-21-41(38)43/h6-9,16-17,20-21,26-29,33-35,42-47,54-55H,10-13,18-19,22-25,30-32H2,1-5H3,(H,56,64)(H,57,65)(H,58,62)(H,59,63)/t33-,34-,35+,42+,43+,44-,45-,46-,47-/m0/s1. The van der Waals surface area contributed by atoms with Gasteiger partial charge in [0.15, 0.2) is 0 Å². The number of carbonyl (C=O) groups excluding carboxylic acids is 6. The zero-order valence-corrected chi connectivity index (χ0v) is 40.1. The average molecular weight is 929 g/mol. The summed E-state index contributed by atoms with van der Waals surface area (Å²) >= 11 is 0. The summed E-state index contributed by atoms with van der Waals surface area (Å²) in [5.41, 5.74) is 5.86. The molecule has 0 bridgehead atoms. The molecule has 0 unspecified atom stereocenters. The number of hydrogen-bond acceptors (Lipinski definition) is 9. The van der Waals surface area contributed by atoms with E-state index in [9.17, 15) is 28.8 Å². The van der Waals surface area contributed by atoms with Gasteiger partial charge in [0.05, 0.1) is 30.3 Å². The maximum atomic E-state index is 14.4. The Morgan fingerprint density at radius 3 is 1.66 bits per heavy atom. The zero-order chi connectivity index (χ0) is 48.3. The van der Waals surface area contributed by atoms with Crippen LogP contribution in [0.5, 0.6) is 0 Å². The minimum absolute atomic E-state index is 0.0704. The van der Waals surface area contributed by atoms with E-state index < -0.39 is 48.3 Å². The second-order valence-corrected chi connectivity index (χ2v) is 18.6. The summed E-state index contributed by atoms with van der Waals surface area (Å²) in [5, 5.41) is 18.1. The zero-order valence-electron chi connectivity index (χ0n) is 40.1. The quantitative estimate of drug-likeness (QED) is 0.117. The van der Waals surface area contributed by atoms with Gasteiger partial charge in [0.2, 0.25) is 35.4 Å². The van der Waals surface area contributed by atoms with Crippen LogP contribution in [-0.4, -0.2) is 115 Å². The molecule has 7 rings (SSSR count). The van der Waals surface area contributed by atoms with Gasteiger partial charge in [-0.25, -0.2) is 0 Å². The Morgan fingerprint density at radius 1 is 0.632 bits per heavy atom. The first-order chi connectivity index (χ1) is 32.9. The fourth-order valence-electron chi connectivity index (χ4n) is 9.94. The van der Waals surface area contributed by atoms with Crippen LogP contribution in [0.4, 0.5) is 0 Å². The molecule has 3 aromatic rings. The Balaban J connectivity index is 1.00. The van der Waals surface area contributed by atoms with Gasteiger partial charge in [0.25, 0.3) is 0 Å². The van der Waals surface area contributed by atoms with E-state index in [1.54, 1.807) is 68.9 Å². The van der Waals surface area contributed by atoms with Crippen molar-refractivity contribution in [1.29, 1.82) is 0 Å². The fourth-order valence-corrected chi connectivity index (χ4v) is 9.94. The molecule has 6 amide bonds. The lowest BCUT2D eigenvalue weighted by atomic mass is 9.87. The number of nitrogens with one attached hydrogen (secondary N) is 6. The van der Waals surface area contributed by atoms with Crippen LogP contribution in [0.25, 0.3) is 0 Å². The van der Waals surface area contributed by atoms with Gasteiger partial charge in [0, 0.05) is 18.7 Å². The van der Waals surface area contributed by atoms with Gasteiger partial charge in [0.1, 0.15) is 30.8 Å². The first-order valence-corrected chi connectivity index (χ1v) is 24.4. The number of likely N-dealkylation sites (N-methyl/N-ethyl adjacent to an activating group) is 2. The highest BCUT2D eigenvalue weighted by Gasteiger charge is 2.42. The van der Waals surface area contributed by atoms with Crippen LogP contribution in [0.3, 0.4) is 0 Å². The van der Waals surface area contributed by atoms with Crippen LogP contribution in [-0.2, 0) is 46.3 Å². The van der Waals surface area contributed by atoms with E-state index in [0.717, 1.165) is 49.7 Å². The van der Waals surface area contributed by atoms with Crippen LogP contribution < -0.4 is 31.9 Å². The van der Waals surface area contributed by atoms with Crippen molar-refractivity contribution in [2.45, 2.75) is 139 Å². The minimum Gasteiger partial charge on any atom is -0.363 e. The van der Waals surface area contributed by atoms with Gasteiger partial charge in [-0.2, -0.15) is 0 Å². The number of carbonyl (C=O) groups is 6. The van der Waals surface area contributed by atoms with E-state index in [4.69, 9.17) is 4.74 Å². The van der Waals surface area contributed by atoms with Gasteiger partial charge in [-0.1, -0.05) is 72.5 Å². The monoisotopic (exact) mass is 929 g/mol. The Labute approximate surface area is 400 Å². The van der Waals surface area contributed by atoms with Crippen molar-refractivity contribution in [3.8, 4) is 11.8 Å². The van der Waals surface area contributed by atoms with Crippen molar-refractivity contribution < 1.29 is 33.5 Å². The molecule has 0 aromatic heterocycles. The second kappa shape index (κ2) is 23.3. The van der Waals surface area contributed by atoms with E-state index in [-0.39, 0.29) is 48.2 Å². The number of rotatable bonds is 16. The van der Waals surface area contributed by atoms with Crippen LogP contribution >= 0.6 is 0 Å². The lowest BCUT2D eigenvalue weighted by Crippen LogP contribution is -2.59. The predicted octanol–water partition coefficient (Wildman–Crippen LogP) is 3.67. The molecule has 2 fully saturated rings. The second-order valence-electron chi connectivity index (χ2n) is 18.6. The molecule has 2 heterocycles. The lowest BCUT2D eigenvalue weighted by Gasteiger charge is -2.33. The molecule has 2 aliphatic heterocycles. The Bertz CT molecular complexity index is 2360. The number of ether oxygens (including phenoxy) is 1. The molecule has 0 spiro atoms. The molecule has 2 aliphatic carbocycles. The molecule has 68 heavy (non-hydrogen) atoms. The molecule has 0 radical (unpaired) electrons. The molecule has 9 atom stereocenters. The molecular weight excluding hydrogens is 861 g/mol. The lowest BCUT2D eigenvalue weighted by molar-refractivity contribution is -0.145. The highest BCUT2D eigenvalue weighted by molar-refractivity contribution is 5.95. The summed E-state index contributed by atoms with van der Waals surface area (Å²) in [6, 6.07) is 18.4. The number of likely N-dealkylation sites (tertiary alicyclic amines) is 2. The predicted molar refractivity (Wildman–Crippen MR) is 259 cm³/mol. The third kappa shape index (κ3) is 11.8. The summed E-state index contributed by atoms with van der Waals surface area (Å²) in [5.74, 6) is 4.20. The molecule has 4 aliphatic rings. The third-order valence-corrected chi connectivity index (χ3v) is 14.2. The summed E-state index contributed by atoms with van der Waals surface area (Å²) in [4.78, 5) is 86.1. The highest BCUT2D eigenvalue weighted by Crippen LogP contribution is 2.32. The van der Waals surface area contributed by atoms with E-state index in [1.807, 2.05) is 24.3 Å². The highest BCUT2D eigenvalue weighted by atomic mass is 16.5. The summed E-state index contributed by atoms with van der Waals surface area (Å²) in [7, 11) is 3.33. The molecule has 15 nitrogen and oxygen atoms in total. The van der Waals surface area contributed by atoms with Crippen LogP contribution in [0, 0.1) is 11.8 Å². The molecule has 3 aromatic carbocycles. The van der Waals surface area contributed by atoms with Gasteiger partial charge in [-0.3, -0.25) is 28.8 Å². The molecule has 15 heteroatoms. The van der Waals surface area contributed by atoms with Crippen molar-refractivity contribution in [3.63, 3.8) is 0 Å². The summed E-state index contributed by atoms with van der Waals surface area (Å²) in [6.07, 6.45) is 7.09. The van der Waals surface area contributed by atoms with Crippen LogP contribution in [0.15, 0.2) is 72.8 Å². The number of hydrogen-bond donors (Lipinski definition) is 6. The SMILES string of the molecule is CN[C@@H](C)C(=O)N[C@H](C(=O)N1CCC[C@H]1C(=O)N[C@@H]1CCCc2ccccc21)c1ccc(C#CCO[C@H](C)[C@H](NC(=O)[C@H](C)NC)C(=O)N2CCC[C@H]2C(=O)N[C@@H]2CCCc3ccccc32)cc1. The number of nitrogens with zero attached hydrogens (tertiary/aromatic N) is 2. The topological polar surface area (TPSA) is 190 Å². The van der Waals surface area contributed by atoms with Crippen molar-refractivity contribution in [3.05, 3.63) is 106 Å². The van der Waals surface area contributed by atoms with E-state index in [2.05, 4.69) is 68.0 Å². The number of amides is 6. The normalized spacial score (nSPS) is 21.9. The van der Waals surface area contributed by atoms with Gasteiger partial charge in [-0.05, 0) is 139 Å². The number of fused-ring (bicyclic) bond motifs is 2. The summed E-state index contributed by atoms with van der Waals surface area (Å²) < 4.78 is 6.11. The number of aryl methyl sites for hydroxylation is 2. The third-order valence-electron chi connectivity index (χ3n) is 14.2.